The molecule has 1 fully saturated rings. The molecule has 2 unspecified atom stereocenters. The molecule has 2 aromatic carbocycles. The number of carbonyl (C=O) groups excluding carboxylic acids is 6. The van der Waals surface area contributed by atoms with E-state index in [9.17, 15) is 28.8 Å². The first-order chi connectivity index (χ1) is 26.8. The summed E-state index contributed by atoms with van der Waals surface area (Å²) in [6.07, 6.45) is 2.15. The number of piperidine rings is 1. The SMILES string of the molecule is Cc1sc2c(c1C)C(c1ccc(Cl)cc1)=NC(CC(=O)NCCCCCC(=O)COc1cccc3c1C(=O)N(C1(C)CCC(=O)NC1=O)C3=O)c1nnc(C)n1-2. The number of ether oxygens (including phenoxy) is 1. The van der Waals surface area contributed by atoms with Gasteiger partial charge in [-0.15, -0.1) is 21.5 Å². The van der Waals surface area contributed by atoms with Crippen LogP contribution in [0.1, 0.15) is 112 Å². The van der Waals surface area contributed by atoms with Crippen molar-refractivity contribution >= 4 is 64.0 Å². The number of carbonyl (C=O) groups is 6. The van der Waals surface area contributed by atoms with Gasteiger partial charge >= 0.3 is 0 Å². The third kappa shape index (κ3) is 7.16. The molecule has 2 aromatic heterocycles. The highest BCUT2D eigenvalue weighted by molar-refractivity contribution is 7.15. The Kier molecular flexibility index (Phi) is 10.7. The quantitative estimate of drug-likeness (QED) is 0.134. The summed E-state index contributed by atoms with van der Waals surface area (Å²) in [7, 11) is 0. The van der Waals surface area contributed by atoms with Gasteiger partial charge in [-0.2, -0.15) is 0 Å². The number of aliphatic imine (C=N–C) groups is 1. The lowest BCUT2D eigenvalue weighted by Crippen LogP contribution is -2.62. The Balaban J connectivity index is 0.912. The Morgan fingerprint density at radius 3 is 2.52 bits per heavy atom. The molecule has 0 saturated carbocycles. The molecule has 0 aliphatic carbocycles. The van der Waals surface area contributed by atoms with Gasteiger partial charge in [-0.25, -0.2) is 0 Å². The van der Waals surface area contributed by atoms with E-state index in [0.717, 1.165) is 37.2 Å². The predicted octanol–water partition coefficient (Wildman–Crippen LogP) is 5.31. The highest BCUT2D eigenvalue weighted by atomic mass is 35.5. The number of amides is 5. The number of nitrogens with zero attached hydrogens (tertiary/aromatic N) is 5. The molecule has 1 saturated heterocycles. The zero-order valence-corrected chi connectivity index (χ0v) is 32.9. The maximum Gasteiger partial charge on any atom is 0.266 e. The van der Waals surface area contributed by atoms with E-state index >= 15 is 0 Å². The van der Waals surface area contributed by atoms with E-state index in [1.807, 2.05) is 35.8 Å². The fourth-order valence-electron chi connectivity index (χ4n) is 7.29. The van der Waals surface area contributed by atoms with Crippen LogP contribution in [-0.4, -0.2) is 79.4 Å². The average molecular weight is 798 g/mol. The molecule has 14 nitrogen and oxygen atoms in total. The topological polar surface area (TPSA) is 182 Å². The molecule has 3 aliphatic heterocycles. The molecule has 5 amide bonds. The first-order valence-electron chi connectivity index (χ1n) is 18.4. The number of hydrogen-bond donors (Lipinski definition) is 2. The maximum absolute atomic E-state index is 13.5. The van der Waals surface area contributed by atoms with Gasteiger partial charge in [0.15, 0.2) is 11.6 Å². The molecule has 7 rings (SSSR count). The Hall–Kier alpha value is -5.54. The summed E-state index contributed by atoms with van der Waals surface area (Å²) in [5.41, 5.74) is 2.28. The normalized spacial score (nSPS) is 18.8. The number of fused-ring (bicyclic) bond motifs is 4. The minimum atomic E-state index is -1.54. The number of rotatable bonds is 13. The molecule has 0 spiro atoms. The van der Waals surface area contributed by atoms with Crippen LogP contribution in [0.2, 0.25) is 5.02 Å². The molecule has 5 heterocycles. The third-order valence-electron chi connectivity index (χ3n) is 10.5. The number of benzene rings is 2. The van der Waals surface area contributed by atoms with Crippen LogP contribution in [-0.2, 0) is 19.2 Å². The van der Waals surface area contributed by atoms with Crippen LogP contribution in [0.15, 0.2) is 47.5 Å². The van der Waals surface area contributed by atoms with Gasteiger partial charge in [-0.1, -0.05) is 36.2 Å². The molecule has 16 heteroatoms. The summed E-state index contributed by atoms with van der Waals surface area (Å²) < 4.78 is 7.74. The van der Waals surface area contributed by atoms with Crippen LogP contribution in [0.4, 0.5) is 0 Å². The van der Waals surface area contributed by atoms with E-state index in [-0.39, 0.29) is 60.9 Å². The van der Waals surface area contributed by atoms with Crippen molar-refractivity contribution in [1.29, 1.82) is 0 Å². The summed E-state index contributed by atoms with van der Waals surface area (Å²) in [5, 5.41) is 15.6. The van der Waals surface area contributed by atoms with Gasteiger partial charge in [0.25, 0.3) is 17.7 Å². The van der Waals surface area contributed by atoms with Crippen molar-refractivity contribution in [3.8, 4) is 10.8 Å². The summed E-state index contributed by atoms with van der Waals surface area (Å²) in [6.45, 7) is 7.59. The number of nitrogens with one attached hydrogen (secondary N) is 2. The molecular weight excluding hydrogens is 758 g/mol. The molecular formula is C40H40ClN7O7S. The minimum absolute atomic E-state index is 0.00221. The summed E-state index contributed by atoms with van der Waals surface area (Å²) >= 11 is 7.86. The Morgan fingerprint density at radius 1 is 1.00 bits per heavy atom. The molecule has 56 heavy (non-hydrogen) atoms. The number of aryl methyl sites for hydroxylation is 2. The second kappa shape index (κ2) is 15.5. The van der Waals surface area contributed by atoms with Crippen LogP contribution in [0.5, 0.6) is 5.75 Å². The van der Waals surface area contributed by atoms with Gasteiger partial charge in [-0.05, 0) is 76.8 Å². The smallest absolute Gasteiger partial charge is 0.266 e. The largest absolute Gasteiger partial charge is 0.485 e. The van der Waals surface area contributed by atoms with E-state index in [1.54, 1.807) is 17.4 Å². The van der Waals surface area contributed by atoms with E-state index in [4.69, 9.17) is 21.3 Å². The van der Waals surface area contributed by atoms with Gasteiger partial charge in [-0.3, -0.25) is 48.5 Å². The molecule has 2 N–H and O–H groups in total. The number of Topliss-reactive ketones (excluding diaryl/α,β-unsaturated/α-hetero) is 1. The van der Waals surface area contributed by atoms with Crippen LogP contribution in [0, 0.1) is 20.8 Å². The van der Waals surface area contributed by atoms with Crippen molar-refractivity contribution in [3.05, 3.63) is 91.8 Å². The van der Waals surface area contributed by atoms with Crippen molar-refractivity contribution in [2.24, 2.45) is 4.99 Å². The summed E-state index contributed by atoms with van der Waals surface area (Å²) in [4.78, 5) is 84.4. The monoisotopic (exact) mass is 797 g/mol. The van der Waals surface area contributed by atoms with Gasteiger partial charge in [0.2, 0.25) is 11.8 Å². The lowest BCUT2D eigenvalue weighted by atomic mass is 9.89. The standard InChI is InChI=1S/C40H40ClN7O7S/c1-21-22(2)56-38-32(21)34(24-12-14-25(41)15-13-24)43-28(35-46-45-23(3)47(35)38)19-31(51)42-18-7-5-6-9-26(49)20-55-29-11-8-10-27-33(29)37(53)48(36(27)52)40(4)17-16-30(50)44-39(40)54/h8,10-15,28H,5-7,9,16-20H2,1-4H3,(H,42,51)(H,44,50,54). The molecule has 2 atom stereocenters. The van der Waals surface area contributed by atoms with E-state index in [1.165, 1.54) is 19.1 Å². The van der Waals surface area contributed by atoms with Gasteiger partial charge in [0.1, 0.15) is 34.8 Å². The number of hydrogen-bond acceptors (Lipinski definition) is 11. The van der Waals surface area contributed by atoms with Gasteiger partial charge in [0, 0.05) is 40.4 Å². The fourth-order valence-corrected chi connectivity index (χ4v) is 8.63. The number of imide groups is 2. The lowest BCUT2D eigenvalue weighted by molar-refractivity contribution is -0.141. The van der Waals surface area contributed by atoms with Crippen LogP contribution in [0.25, 0.3) is 5.00 Å². The second-order valence-electron chi connectivity index (χ2n) is 14.4. The van der Waals surface area contributed by atoms with Gasteiger partial charge < -0.3 is 10.1 Å². The summed E-state index contributed by atoms with van der Waals surface area (Å²) in [6, 6.07) is 11.4. The van der Waals surface area contributed by atoms with Crippen LogP contribution in [0.3, 0.4) is 0 Å². The molecule has 290 valence electrons. The number of ketones is 1. The van der Waals surface area contributed by atoms with E-state index in [2.05, 4.69) is 34.7 Å². The minimum Gasteiger partial charge on any atom is -0.485 e. The highest BCUT2D eigenvalue weighted by Gasteiger charge is 2.53. The predicted molar refractivity (Wildman–Crippen MR) is 208 cm³/mol. The number of halogens is 1. The zero-order valence-electron chi connectivity index (χ0n) is 31.4. The number of aromatic nitrogens is 3. The van der Waals surface area contributed by atoms with Crippen molar-refractivity contribution < 1.29 is 33.5 Å². The van der Waals surface area contributed by atoms with Crippen molar-refractivity contribution in [2.45, 2.75) is 84.2 Å². The van der Waals surface area contributed by atoms with Gasteiger partial charge in [0.05, 0.1) is 23.3 Å². The van der Waals surface area contributed by atoms with Crippen LogP contribution >= 0.6 is 22.9 Å². The average Bonchev–Trinajstić information content (AvgIpc) is 3.75. The first kappa shape index (κ1) is 38.7. The molecule has 4 aromatic rings. The summed E-state index contributed by atoms with van der Waals surface area (Å²) in [5.74, 6) is -1.56. The molecule has 0 radical (unpaired) electrons. The highest BCUT2D eigenvalue weighted by Crippen LogP contribution is 2.40. The van der Waals surface area contributed by atoms with Crippen LogP contribution < -0.4 is 15.4 Å². The first-order valence-corrected chi connectivity index (χ1v) is 19.6. The second-order valence-corrected chi connectivity index (χ2v) is 16.0. The molecule has 0 bridgehead atoms. The van der Waals surface area contributed by atoms with Crippen molar-refractivity contribution in [1.82, 2.24) is 30.3 Å². The third-order valence-corrected chi connectivity index (χ3v) is 12.0. The maximum atomic E-state index is 13.5. The van der Waals surface area contributed by atoms with E-state index < -0.39 is 35.2 Å². The Morgan fingerprint density at radius 2 is 1.77 bits per heavy atom. The number of thiophene rings is 1. The van der Waals surface area contributed by atoms with Crippen molar-refractivity contribution in [3.63, 3.8) is 0 Å². The molecule has 3 aliphatic rings. The Bertz CT molecular complexity index is 2330. The zero-order chi connectivity index (χ0) is 39.9. The fraction of sp³-hybridized carbons (Fsp3) is 0.375. The Labute approximate surface area is 331 Å². The van der Waals surface area contributed by atoms with E-state index in [0.29, 0.717) is 42.5 Å². The van der Waals surface area contributed by atoms with Crippen molar-refractivity contribution in [2.75, 3.05) is 13.2 Å². The number of unbranched alkanes of at least 4 members (excludes halogenated alkanes) is 2. The lowest BCUT2D eigenvalue weighted by Gasteiger charge is -2.38.